The quantitative estimate of drug-likeness (QED) is 0.0467. The molecule has 0 aliphatic heterocycles. The molecule has 0 aromatic rings. The van der Waals surface area contributed by atoms with Gasteiger partial charge < -0.3 is 15.2 Å². The average molecular weight is 604 g/mol. The number of carbonyl (C=O) groups excluding carboxylic acids is 2. The average Bonchev–Trinajstić information content (AvgIpc) is 2.99. The molecular formula is C37H65NO5. The summed E-state index contributed by atoms with van der Waals surface area (Å²) < 4.78 is 5.83. The fourth-order valence-corrected chi connectivity index (χ4v) is 4.86. The van der Waals surface area contributed by atoms with Crippen LogP contribution < -0.4 is 5.32 Å². The van der Waals surface area contributed by atoms with Gasteiger partial charge >= 0.3 is 11.9 Å². The first-order valence-corrected chi connectivity index (χ1v) is 17.6. The van der Waals surface area contributed by atoms with Crippen molar-refractivity contribution in [3.8, 4) is 0 Å². The van der Waals surface area contributed by atoms with E-state index < -0.39 is 5.97 Å². The Morgan fingerprint density at radius 2 is 1.14 bits per heavy atom. The van der Waals surface area contributed by atoms with Gasteiger partial charge in [0.2, 0.25) is 5.91 Å². The molecular weight excluding hydrogens is 538 g/mol. The highest BCUT2D eigenvalue weighted by Gasteiger charge is 2.12. The van der Waals surface area contributed by atoms with Gasteiger partial charge in [0.05, 0.1) is 0 Å². The molecule has 0 bridgehead atoms. The van der Waals surface area contributed by atoms with E-state index in [4.69, 9.17) is 9.84 Å². The molecule has 0 saturated carbocycles. The number of aliphatic carboxylic acids is 1. The number of carboxylic acid groups (broad SMARTS) is 1. The predicted octanol–water partition coefficient (Wildman–Crippen LogP) is 10.2. The summed E-state index contributed by atoms with van der Waals surface area (Å²) in [5.74, 6) is -1.34. The summed E-state index contributed by atoms with van der Waals surface area (Å²) in [7, 11) is 0. The lowest BCUT2D eigenvalue weighted by atomic mass is 10.1. The monoisotopic (exact) mass is 603 g/mol. The third-order valence-electron chi connectivity index (χ3n) is 7.52. The van der Waals surface area contributed by atoms with Crippen molar-refractivity contribution >= 4 is 17.8 Å². The molecule has 6 nitrogen and oxygen atoms in total. The summed E-state index contributed by atoms with van der Waals surface area (Å²) in [5, 5.41) is 11.0. The Kier molecular flexibility index (Phi) is 30.7. The Bertz CT molecular complexity index is 758. The van der Waals surface area contributed by atoms with Crippen LogP contribution in [0.4, 0.5) is 0 Å². The second-order valence-corrected chi connectivity index (χ2v) is 11.8. The number of rotatable bonds is 31. The van der Waals surface area contributed by atoms with E-state index in [2.05, 4.69) is 55.6 Å². The van der Waals surface area contributed by atoms with Gasteiger partial charge in [0.15, 0.2) is 0 Å². The Balaban J connectivity index is 3.99. The van der Waals surface area contributed by atoms with E-state index in [1.165, 1.54) is 77.0 Å². The first-order chi connectivity index (χ1) is 21.0. The fraction of sp³-hybridized carbons (Fsp3) is 0.757. The molecule has 0 aromatic carbocycles. The minimum atomic E-state index is -1.03. The maximum atomic E-state index is 12.5. The van der Waals surface area contributed by atoms with E-state index in [0.717, 1.165) is 64.2 Å². The summed E-state index contributed by atoms with van der Waals surface area (Å²) in [6, 6.07) is 0. The second kappa shape index (κ2) is 32.5. The van der Waals surface area contributed by atoms with Crippen LogP contribution in [0.1, 0.15) is 168 Å². The van der Waals surface area contributed by atoms with Crippen LogP contribution in [0.2, 0.25) is 0 Å². The Hall–Kier alpha value is -2.37. The lowest BCUT2D eigenvalue weighted by molar-refractivity contribution is -0.147. The molecule has 1 atom stereocenters. The van der Waals surface area contributed by atoms with Gasteiger partial charge in [-0.2, -0.15) is 0 Å². The van der Waals surface area contributed by atoms with Crippen LogP contribution in [-0.4, -0.2) is 35.6 Å². The van der Waals surface area contributed by atoms with Crippen molar-refractivity contribution in [2.24, 2.45) is 0 Å². The number of esters is 1. The van der Waals surface area contributed by atoms with Gasteiger partial charge in [-0.15, -0.1) is 0 Å². The van der Waals surface area contributed by atoms with Crippen molar-refractivity contribution < 1.29 is 24.2 Å². The number of unbranched alkanes of at least 4 members (excludes halogenated alkanes) is 16. The van der Waals surface area contributed by atoms with E-state index in [-0.39, 0.29) is 24.5 Å². The number of carbonyl (C=O) groups is 3. The maximum absolute atomic E-state index is 12.5. The number of allylic oxidation sites excluding steroid dienone is 5. The van der Waals surface area contributed by atoms with E-state index in [9.17, 15) is 14.4 Å². The molecule has 2 N–H and O–H groups in total. The zero-order valence-corrected chi connectivity index (χ0v) is 27.8. The topological polar surface area (TPSA) is 92.7 Å². The lowest BCUT2D eigenvalue weighted by Crippen LogP contribution is -2.28. The molecule has 248 valence electrons. The molecule has 0 aliphatic rings. The molecule has 0 aliphatic carbocycles. The summed E-state index contributed by atoms with van der Waals surface area (Å²) in [5.41, 5.74) is 0. The second-order valence-electron chi connectivity index (χ2n) is 11.8. The number of amides is 1. The highest BCUT2D eigenvalue weighted by atomic mass is 16.5. The zero-order chi connectivity index (χ0) is 31.6. The van der Waals surface area contributed by atoms with Crippen molar-refractivity contribution in [1.29, 1.82) is 0 Å². The van der Waals surface area contributed by atoms with Crippen molar-refractivity contribution in [3.05, 3.63) is 36.5 Å². The molecule has 1 unspecified atom stereocenters. The van der Waals surface area contributed by atoms with Crippen LogP contribution in [0.25, 0.3) is 0 Å². The van der Waals surface area contributed by atoms with Gasteiger partial charge in [-0.25, -0.2) is 0 Å². The van der Waals surface area contributed by atoms with Crippen molar-refractivity contribution in [2.75, 3.05) is 6.54 Å². The Morgan fingerprint density at radius 3 is 1.74 bits per heavy atom. The van der Waals surface area contributed by atoms with E-state index >= 15 is 0 Å². The minimum Gasteiger partial charge on any atom is -0.480 e. The Morgan fingerprint density at radius 1 is 0.628 bits per heavy atom. The van der Waals surface area contributed by atoms with Crippen LogP contribution >= 0.6 is 0 Å². The SMILES string of the molecule is CCCCC/C=C\C/C=C\CCCCCCCCCC(=O)OC(/C=C\CCCCC)CCCCCCC(=O)NCC(=O)O. The Labute approximate surface area is 264 Å². The highest BCUT2D eigenvalue weighted by molar-refractivity contribution is 5.80. The van der Waals surface area contributed by atoms with Gasteiger partial charge in [0.1, 0.15) is 12.6 Å². The number of nitrogens with one attached hydrogen (secondary N) is 1. The first kappa shape index (κ1) is 40.6. The molecule has 0 fully saturated rings. The maximum Gasteiger partial charge on any atom is 0.322 e. The van der Waals surface area contributed by atoms with Crippen LogP contribution in [-0.2, 0) is 19.1 Å². The normalized spacial score (nSPS) is 12.4. The molecule has 0 heterocycles. The molecule has 0 spiro atoms. The molecule has 0 radical (unpaired) electrons. The predicted molar refractivity (Wildman–Crippen MR) is 180 cm³/mol. The van der Waals surface area contributed by atoms with Gasteiger partial charge in [-0.05, 0) is 76.7 Å². The van der Waals surface area contributed by atoms with Crippen molar-refractivity contribution in [1.82, 2.24) is 5.32 Å². The lowest BCUT2D eigenvalue weighted by Gasteiger charge is -2.15. The smallest absolute Gasteiger partial charge is 0.322 e. The zero-order valence-electron chi connectivity index (χ0n) is 27.8. The van der Waals surface area contributed by atoms with Gasteiger partial charge in [0, 0.05) is 12.8 Å². The summed E-state index contributed by atoms with van der Waals surface area (Å²) >= 11 is 0. The number of hydrogen-bond donors (Lipinski definition) is 2. The molecule has 1 amide bonds. The molecule has 0 aromatic heterocycles. The van der Waals surface area contributed by atoms with Gasteiger partial charge in [-0.3, -0.25) is 14.4 Å². The van der Waals surface area contributed by atoms with E-state index in [1.54, 1.807) is 0 Å². The van der Waals surface area contributed by atoms with E-state index in [1.807, 2.05) is 0 Å². The molecule has 6 heteroatoms. The standard InChI is InChI=1S/C37H65NO5/c1-3-5-7-9-10-11-12-13-14-15-16-17-18-19-20-22-28-32-37(42)43-34(29-25-21-8-6-4-2)30-26-23-24-27-31-35(39)38-33-36(40)41/h10-11,13-14,25,29,34H,3-9,12,15-24,26-28,30-33H2,1-2H3,(H,38,39)(H,40,41)/b11-10-,14-13-,29-25-. The molecule has 43 heavy (non-hydrogen) atoms. The van der Waals surface area contributed by atoms with Crippen molar-refractivity contribution in [3.63, 3.8) is 0 Å². The third kappa shape index (κ3) is 32.4. The molecule has 0 rings (SSSR count). The van der Waals surface area contributed by atoms with Crippen molar-refractivity contribution in [2.45, 2.75) is 174 Å². The van der Waals surface area contributed by atoms with Crippen LogP contribution in [0.15, 0.2) is 36.5 Å². The fourth-order valence-electron chi connectivity index (χ4n) is 4.86. The van der Waals surface area contributed by atoms with Crippen LogP contribution in [0, 0.1) is 0 Å². The number of hydrogen-bond acceptors (Lipinski definition) is 4. The van der Waals surface area contributed by atoms with Crippen LogP contribution in [0.5, 0.6) is 0 Å². The molecule has 0 saturated heterocycles. The number of ether oxygens (including phenoxy) is 1. The minimum absolute atomic E-state index is 0.0964. The number of carboxylic acids is 1. The highest BCUT2D eigenvalue weighted by Crippen LogP contribution is 2.15. The first-order valence-electron chi connectivity index (χ1n) is 17.6. The van der Waals surface area contributed by atoms with E-state index in [0.29, 0.717) is 12.8 Å². The third-order valence-corrected chi connectivity index (χ3v) is 7.52. The van der Waals surface area contributed by atoms with Gasteiger partial charge in [0.25, 0.3) is 0 Å². The van der Waals surface area contributed by atoms with Crippen LogP contribution in [0.3, 0.4) is 0 Å². The van der Waals surface area contributed by atoms with Gasteiger partial charge in [-0.1, -0.05) is 115 Å². The summed E-state index contributed by atoms with van der Waals surface area (Å²) in [4.78, 5) is 34.7. The summed E-state index contributed by atoms with van der Waals surface area (Å²) in [6.45, 7) is 4.11. The largest absolute Gasteiger partial charge is 0.480 e. The summed E-state index contributed by atoms with van der Waals surface area (Å²) in [6.07, 6.45) is 38.6.